The molecule has 122 valence electrons. The maximum absolute atomic E-state index is 12.7. The molecule has 1 saturated carbocycles. The number of hydrogen-bond donors (Lipinski definition) is 0. The smallest absolute Gasteiger partial charge is 0.293 e. The molecule has 0 spiro atoms. The monoisotopic (exact) mass is 316 g/mol. The highest BCUT2D eigenvalue weighted by atomic mass is 16.5. The first-order valence-corrected chi connectivity index (χ1v) is 7.98. The quantitative estimate of drug-likeness (QED) is 0.815. The number of rotatable bonds is 3. The highest BCUT2D eigenvalue weighted by molar-refractivity contribution is 5.90. The highest BCUT2D eigenvalue weighted by Gasteiger charge is 2.45. The number of morpholine rings is 1. The second-order valence-corrected chi connectivity index (χ2v) is 6.21. The molecule has 3 heterocycles. The minimum absolute atomic E-state index is 0.0700. The third kappa shape index (κ3) is 2.63. The van der Waals surface area contributed by atoms with E-state index in [0.29, 0.717) is 19.1 Å². The predicted octanol–water partition coefficient (Wildman–Crippen LogP) is 0.331. The van der Waals surface area contributed by atoms with E-state index in [2.05, 4.69) is 15.2 Å². The van der Waals surface area contributed by atoms with Crippen LogP contribution in [0.25, 0.3) is 0 Å². The Labute approximate surface area is 134 Å². The van der Waals surface area contributed by atoms with E-state index in [-0.39, 0.29) is 23.9 Å². The lowest BCUT2D eigenvalue weighted by Crippen LogP contribution is -2.53. The fraction of sp³-hybridized carbons (Fsp3) is 0.600. The van der Waals surface area contributed by atoms with Gasteiger partial charge in [-0.3, -0.25) is 14.2 Å². The molecule has 3 unspecified atom stereocenters. The number of nitrogens with zero attached hydrogens (tertiary/aromatic N) is 6. The fourth-order valence-corrected chi connectivity index (χ4v) is 3.72. The molecule has 3 atom stereocenters. The second kappa shape index (κ2) is 5.77. The summed E-state index contributed by atoms with van der Waals surface area (Å²) in [5.41, 5.74) is 0. The van der Waals surface area contributed by atoms with Crippen LogP contribution in [0, 0.1) is 5.92 Å². The number of ether oxygens (including phenoxy) is 1. The lowest BCUT2D eigenvalue weighted by Gasteiger charge is -2.38. The zero-order valence-corrected chi connectivity index (χ0v) is 13.1. The molecule has 8 nitrogen and oxygen atoms in total. The van der Waals surface area contributed by atoms with E-state index in [4.69, 9.17) is 4.74 Å². The minimum atomic E-state index is -0.0939. The number of aromatic nitrogens is 5. The van der Waals surface area contributed by atoms with Crippen LogP contribution in [0.5, 0.6) is 0 Å². The number of carbonyl (C=O) groups is 1. The fourth-order valence-electron chi connectivity index (χ4n) is 3.72. The Hall–Kier alpha value is -2.22. The van der Waals surface area contributed by atoms with Crippen LogP contribution >= 0.6 is 0 Å². The van der Waals surface area contributed by atoms with Crippen molar-refractivity contribution in [1.82, 2.24) is 29.4 Å². The summed E-state index contributed by atoms with van der Waals surface area (Å²) in [6.45, 7) is 2.00. The Balaban J connectivity index is 1.50. The minimum Gasteiger partial charge on any atom is -0.374 e. The number of hydrogen-bond acceptors (Lipinski definition) is 5. The number of aryl methyl sites for hydroxylation is 1. The molecule has 1 aliphatic carbocycles. The van der Waals surface area contributed by atoms with Gasteiger partial charge >= 0.3 is 0 Å². The molecular formula is C15H20N6O2. The van der Waals surface area contributed by atoms with Crippen molar-refractivity contribution in [2.75, 3.05) is 13.2 Å². The summed E-state index contributed by atoms with van der Waals surface area (Å²) in [6, 6.07) is 2.04. The molecule has 1 aliphatic heterocycles. The maximum atomic E-state index is 12.7. The van der Waals surface area contributed by atoms with Crippen LogP contribution in [0.2, 0.25) is 0 Å². The van der Waals surface area contributed by atoms with Crippen molar-refractivity contribution in [3.8, 4) is 0 Å². The summed E-state index contributed by atoms with van der Waals surface area (Å²) in [6.07, 6.45) is 7.37. The topological polar surface area (TPSA) is 78.1 Å². The molecule has 4 rings (SSSR count). The maximum Gasteiger partial charge on any atom is 0.293 e. The van der Waals surface area contributed by atoms with Crippen LogP contribution < -0.4 is 0 Å². The Kier molecular flexibility index (Phi) is 3.60. The van der Waals surface area contributed by atoms with Crippen molar-refractivity contribution < 1.29 is 9.53 Å². The van der Waals surface area contributed by atoms with Crippen molar-refractivity contribution >= 4 is 5.91 Å². The van der Waals surface area contributed by atoms with Gasteiger partial charge in [0.1, 0.15) is 6.33 Å². The molecule has 2 fully saturated rings. The van der Waals surface area contributed by atoms with E-state index in [9.17, 15) is 4.79 Å². The average Bonchev–Trinajstić information content (AvgIpc) is 3.28. The molecule has 0 bridgehead atoms. The van der Waals surface area contributed by atoms with Crippen LogP contribution in [-0.4, -0.2) is 60.6 Å². The summed E-state index contributed by atoms with van der Waals surface area (Å²) in [5, 5.41) is 8.42. The van der Waals surface area contributed by atoms with Crippen LogP contribution in [0.4, 0.5) is 0 Å². The van der Waals surface area contributed by atoms with Crippen molar-refractivity contribution in [2.24, 2.45) is 13.0 Å². The normalized spacial score (nSPS) is 27.2. The standard InChI is InChI=1S/C15H20N6O2/c1-19-10-16-14(18-19)15(22)21-7-8-23-13-11(3-4-12(13)21)9-20-6-2-5-17-20/h2,5-6,10-13H,3-4,7-9H2,1H3. The SMILES string of the molecule is Cn1cnc(C(=O)N2CCOC3C(Cn4cccn4)CCC32)n1. The van der Waals surface area contributed by atoms with E-state index >= 15 is 0 Å². The zero-order valence-electron chi connectivity index (χ0n) is 13.1. The zero-order chi connectivity index (χ0) is 15.8. The van der Waals surface area contributed by atoms with Gasteiger partial charge in [-0.25, -0.2) is 4.98 Å². The molecule has 23 heavy (non-hydrogen) atoms. The highest BCUT2D eigenvalue weighted by Crippen LogP contribution is 2.36. The van der Waals surface area contributed by atoms with Crippen LogP contribution in [0.3, 0.4) is 0 Å². The Morgan fingerprint density at radius 1 is 1.43 bits per heavy atom. The van der Waals surface area contributed by atoms with E-state index in [1.165, 1.54) is 0 Å². The molecule has 0 aromatic carbocycles. The van der Waals surface area contributed by atoms with Gasteiger partial charge in [-0.2, -0.15) is 5.10 Å². The first-order chi connectivity index (χ1) is 11.2. The molecule has 2 aromatic rings. The van der Waals surface area contributed by atoms with E-state index < -0.39 is 0 Å². The van der Waals surface area contributed by atoms with Crippen LogP contribution in [0.15, 0.2) is 24.8 Å². The van der Waals surface area contributed by atoms with Crippen LogP contribution in [-0.2, 0) is 18.3 Å². The molecular weight excluding hydrogens is 296 g/mol. The Morgan fingerprint density at radius 2 is 2.35 bits per heavy atom. The van der Waals surface area contributed by atoms with E-state index in [1.54, 1.807) is 24.3 Å². The predicted molar refractivity (Wildman–Crippen MR) is 80.5 cm³/mol. The lowest BCUT2D eigenvalue weighted by molar-refractivity contribution is -0.0652. The van der Waals surface area contributed by atoms with Crippen LogP contribution in [0.1, 0.15) is 23.5 Å². The number of fused-ring (bicyclic) bond motifs is 1. The number of amides is 1. The molecule has 0 radical (unpaired) electrons. The molecule has 0 N–H and O–H groups in total. The Morgan fingerprint density at radius 3 is 3.09 bits per heavy atom. The third-order valence-electron chi connectivity index (χ3n) is 4.75. The average molecular weight is 316 g/mol. The van der Waals surface area contributed by atoms with Gasteiger partial charge in [0.2, 0.25) is 5.82 Å². The van der Waals surface area contributed by atoms with Crippen molar-refractivity contribution in [2.45, 2.75) is 31.5 Å². The van der Waals surface area contributed by atoms with Gasteiger partial charge in [0, 0.05) is 38.4 Å². The summed E-state index contributed by atoms with van der Waals surface area (Å²) in [5.74, 6) is 0.555. The van der Waals surface area contributed by atoms with Gasteiger partial charge in [0.05, 0.1) is 18.8 Å². The van der Waals surface area contributed by atoms with Crippen molar-refractivity contribution in [3.05, 3.63) is 30.6 Å². The van der Waals surface area contributed by atoms with Gasteiger partial charge in [-0.05, 0) is 18.9 Å². The molecule has 1 amide bonds. The van der Waals surface area contributed by atoms with E-state index in [1.807, 2.05) is 21.8 Å². The first kappa shape index (κ1) is 14.4. The van der Waals surface area contributed by atoms with Gasteiger partial charge in [0.15, 0.2) is 0 Å². The molecule has 2 aliphatic rings. The number of carbonyl (C=O) groups excluding carboxylic acids is 1. The van der Waals surface area contributed by atoms with Crippen molar-refractivity contribution in [1.29, 1.82) is 0 Å². The second-order valence-electron chi connectivity index (χ2n) is 6.21. The first-order valence-electron chi connectivity index (χ1n) is 7.98. The van der Waals surface area contributed by atoms with Crippen molar-refractivity contribution in [3.63, 3.8) is 0 Å². The molecule has 2 aromatic heterocycles. The summed E-state index contributed by atoms with van der Waals surface area (Å²) in [7, 11) is 1.77. The van der Waals surface area contributed by atoms with Gasteiger partial charge in [-0.15, -0.1) is 5.10 Å². The largest absolute Gasteiger partial charge is 0.374 e. The lowest BCUT2D eigenvalue weighted by atomic mass is 10.0. The molecule has 1 saturated heterocycles. The van der Waals surface area contributed by atoms with E-state index in [0.717, 1.165) is 19.4 Å². The van der Waals surface area contributed by atoms with Gasteiger partial charge < -0.3 is 9.64 Å². The van der Waals surface area contributed by atoms with Gasteiger partial charge in [0.25, 0.3) is 5.91 Å². The molecule has 8 heteroatoms. The summed E-state index contributed by atoms with van der Waals surface area (Å²) in [4.78, 5) is 18.7. The van der Waals surface area contributed by atoms with Gasteiger partial charge in [-0.1, -0.05) is 0 Å². The summed E-state index contributed by atoms with van der Waals surface area (Å²) < 4.78 is 9.50. The summed E-state index contributed by atoms with van der Waals surface area (Å²) >= 11 is 0. The Bertz CT molecular complexity index is 682. The third-order valence-corrected chi connectivity index (χ3v) is 4.75.